The molecule has 0 radical (unpaired) electrons. The topological polar surface area (TPSA) is 66.0 Å². The Balaban J connectivity index is 1.62. The van der Waals surface area contributed by atoms with E-state index in [0.717, 1.165) is 28.2 Å². The van der Waals surface area contributed by atoms with E-state index in [9.17, 15) is 4.79 Å². The summed E-state index contributed by atoms with van der Waals surface area (Å²) in [6, 6.07) is 18.9. The number of carbonyl (C=O) groups is 1. The standard InChI is InChI=1S/C20H17ClN4O/c21-15-7-5-14(6-8-15)19-16-11-13(4-9-17(16)24-20(26)25-19)12-23-18-3-1-2-10-22-18/h1-11,19H,12H2,(H,22,23)(H2,24,25,26). The molecule has 2 heterocycles. The summed E-state index contributed by atoms with van der Waals surface area (Å²) in [7, 11) is 0. The quantitative estimate of drug-likeness (QED) is 0.635. The predicted octanol–water partition coefficient (Wildman–Crippen LogP) is 4.57. The fourth-order valence-electron chi connectivity index (χ4n) is 3.02. The van der Waals surface area contributed by atoms with Gasteiger partial charge in [0.05, 0.1) is 6.04 Å². The average Bonchev–Trinajstić information content (AvgIpc) is 2.67. The van der Waals surface area contributed by atoms with Crippen LogP contribution < -0.4 is 16.0 Å². The maximum atomic E-state index is 12.0. The van der Waals surface area contributed by atoms with Gasteiger partial charge in [0.25, 0.3) is 0 Å². The number of fused-ring (bicyclic) bond motifs is 1. The van der Waals surface area contributed by atoms with Crippen LogP contribution in [-0.4, -0.2) is 11.0 Å². The monoisotopic (exact) mass is 364 g/mol. The van der Waals surface area contributed by atoms with E-state index in [2.05, 4.69) is 27.0 Å². The second kappa shape index (κ2) is 7.06. The number of nitrogens with zero attached hydrogens (tertiary/aromatic N) is 1. The van der Waals surface area contributed by atoms with Gasteiger partial charge in [-0.3, -0.25) is 0 Å². The molecule has 1 atom stereocenters. The molecular weight excluding hydrogens is 348 g/mol. The molecule has 1 unspecified atom stereocenters. The molecule has 0 aliphatic carbocycles. The van der Waals surface area contributed by atoms with Crippen molar-refractivity contribution in [3.8, 4) is 0 Å². The third kappa shape index (κ3) is 3.48. The summed E-state index contributed by atoms with van der Waals surface area (Å²) < 4.78 is 0. The van der Waals surface area contributed by atoms with Crippen molar-refractivity contribution in [3.05, 3.63) is 88.6 Å². The number of pyridine rings is 1. The molecule has 5 nitrogen and oxygen atoms in total. The SMILES string of the molecule is O=C1Nc2ccc(CNc3ccccn3)cc2C(c2ccc(Cl)cc2)N1. The summed E-state index contributed by atoms with van der Waals surface area (Å²) in [6.07, 6.45) is 1.76. The molecule has 3 N–H and O–H groups in total. The second-order valence-electron chi connectivity index (χ2n) is 6.07. The van der Waals surface area contributed by atoms with Crippen molar-refractivity contribution in [2.24, 2.45) is 0 Å². The Labute approximate surface area is 156 Å². The van der Waals surface area contributed by atoms with Crippen LogP contribution >= 0.6 is 11.6 Å². The van der Waals surface area contributed by atoms with E-state index in [4.69, 9.17) is 11.6 Å². The van der Waals surface area contributed by atoms with Gasteiger partial charge in [-0.1, -0.05) is 35.9 Å². The molecule has 1 aromatic heterocycles. The van der Waals surface area contributed by atoms with E-state index in [1.165, 1.54) is 0 Å². The smallest absolute Gasteiger partial charge is 0.320 e. The van der Waals surface area contributed by atoms with Crippen molar-refractivity contribution in [3.63, 3.8) is 0 Å². The Bertz CT molecular complexity index is 928. The minimum absolute atomic E-state index is 0.211. The fourth-order valence-corrected chi connectivity index (χ4v) is 3.15. The first kappa shape index (κ1) is 16.4. The first-order chi connectivity index (χ1) is 12.7. The molecule has 4 rings (SSSR count). The van der Waals surface area contributed by atoms with Gasteiger partial charge in [0.2, 0.25) is 0 Å². The molecule has 1 aliphatic heterocycles. The molecule has 0 fully saturated rings. The zero-order valence-corrected chi connectivity index (χ0v) is 14.6. The number of benzene rings is 2. The highest BCUT2D eigenvalue weighted by atomic mass is 35.5. The van der Waals surface area contributed by atoms with Crippen molar-refractivity contribution >= 4 is 29.1 Å². The van der Waals surface area contributed by atoms with Crippen LogP contribution in [0.15, 0.2) is 66.9 Å². The van der Waals surface area contributed by atoms with E-state index in [1.807, 2.05) is 54.6 Å². The van der Waals surface area contributed by atoms with E-state index >= 15 is 0 Å². The molecular formula is C20H17ClN4O. The van der Waals surface area contributed by atoms with E-state index < -0.39 is 0 Å². The number of urea groups is 1. The van der Waals surface area contributed by atoms with Gasteiger partial charge < -0.3 is 16.0 Å². The van der Waals surface area contributed by atoms with Crippen molar-refractivity contribution in [1.29, 1.82) is 0 Å². The third-order valence-electron chi connectivity index (χ3n) is 4.29. The third-order valence-corrected chi connectivity index (χ3v) is 4.54. The second-order valence-corrected chi connectivity index (χ2v) is 6.51. The minimum Gasteiger partial charge on any atom is -0.366 e. The zero-order chi connectivity index (χ0) is 17.9. The number of nitrogens with one attached hydrogen (secondary N) is 3. The normalized spacial score (nSPS) is 15.6. The van der Waals surface area contributed by atoms with Crippen LogP contribution in [0.3, 0.4) is 0 Å². The summed E-state index contributed by atoms with van der Waals surface area (Å²) >= 11 is 5.99. The number of rotatable bonds is 4. The number of aromatic nitrogens is 1. The lowest BCUT2D eigenvalue weighted by Gasteiger charge is -2.28. The predicted molar refractivity (Wildman–Crippen MR) is 103 cm³/mol. The molecule has 0 saturated heterocycles. The summed E-state index contributed by atoms with van der Waals surface area (Å²) in [6.45, 7) is 0.644. The summed E-state index contributed by atoms with van der Waals surface area (Å²) in [4.78, 5) is 16.3. The van der Waals surface area contributed by atoms with Gasteiger partial charge in [-0.2, -0.15) is 0 Å². The molecule has 0 bridgehead atoms. The number of halogens is 1. The summed E-state index contributed by atoms with van der Waals surface area (Å²) in [5.74, 6) is 0.825. The molecule has 0 spiro atoms. The first-order valence-electron chi connectivity index (χ1n) is 8.30. The van der Waals surface area contributed by atoms with Crippen LogP contribution in [-0.2, 0) is 6.54 Å². The minimum atomic E-state index is -0.217. The Morgan fingerprint density at radius 3 is 2.69 bits per heavy atom. The Hall–Kier alpha value is -3.05. The maximum absolute atomic E-state index is 12.0. The Morgan fingerprint density at radius 1 is 1.08 bits per heavy atom. The molecule has 3 aromatic rings. The van der Waals surface area contributed by atoms with Crippen molar-refractivity contribution in [2.75, 3.05) is 10.6 Å². The van der Waals surface area contributed by atoms with Crippen molar-refractivity contribution < 1.29 is 4.79 Å². The first-order valence-corrected chi connectivity index (χ1v) is 8.67. The Morgan fingerprint density at radius 2 is 1.92 bits per heavy atom. The van der Waals surface area contributed by atoms with Crippen LogP contribution in [0.25, 0.3) is 0 Å². The van der Waals surface area contributed by atoms with Crippen molar-refractivity contribution in [1.82, 2.24) is 10.3 Å². The lowest BCUT2D eigenvalue weighted by atomic mass is 9.94. The van der Waals surface area contributed by atoms with E-state index in [0.29, 0.717) is 11.6 Å². The molecule has 0 saturated carbocycles. The highest BCUT2D eigenvalue weighted by Crippen LogP contribution is 2.33. The largest absolute Gasteiger partial charge is 0.366 e. The van der Waals surface area contributed by atoms with Crippen LogP contribution in [0.1, 0.15) is 22.7 Å². The van der Waals surface area contributed by atoms with Crippen LogP contribution in [0.4, 0.5) is 16.3 Å². The van der Waals surface area contributed by atoms with Gasteiger partial charge in [-0.05, 0) is 47.5 Å². The van der Waals surface area contributed by atoms with Gasteiger partial charge >= 0.3 is 6.03 Å². The van der Waals surface area contributed by atoms with Gasteiger partial charge in [-0.25, -0.2) is 9.78 Å². The maximum Gasteiger partial charge on any atom is 0.320 e. The van der Waals surface area contributed by atoms with Crippen LogP contribution in [0, 0.1) is 0 Å². The highest BCUT2D eigenvalue weighted by Gasteiger charge is 2.25. The number of hydrogen-bond acceptors (Lipinski definition) is 3. The van der Waals surface area contributed by atoms with Gasteiger partial charge in [0.1, 0.15) is 5.82 Å². The van der Waals surface area contributed by atoms with Crippen LogP contribution in [0.2, 0.25) is 5.02 Å². The Kier molecular flexibility index (Phi) is 4.46. The molecule has 2 aromatic carbocycles. The molecule has 2 amide bonds. The average molecular weight is 365 g/mol. The number of carbonyl (C=O) groups excluding carboxylic acids is 1. The molecule has 26 heavy (non-hydrogen) atoms. The lowest BCUT2D eigenvalue weighted by molar-refractivity contribution is 0.249. The van der Waals surface area contributed by atoms with E-state index in [-0.39, 0.29) is 12.1 Å². The van der Waals surface area contributed by atoms with Crippen LogP contribution in [0.5, 0.6) is 0 Å². The van der Waals surface area contributed by atoms with Gasteiger partial charge in [0.15, 0.2) is 0 Å². The van der Waals surface area contributed by atoms with Gasteiger partial charge in [-0.15, -0.1) is 0 Å². The number of amides is 2. The van der Waals surface area contributed by atoms with Crippen molar-refractivity contribution in [2.45, 2.75) is 12.6 Å². The van der Waals surface area contributed by atoms with Gasteiger partial charge in [0, 0.05) is 29.0 Å². The lowest BCUT2D eigenvalue weighted by Crippen LogP contribution is -2.38. The molecule has 6 heteroatoms. The zero-order valence-electron chi connectivity index (χ0n) is 13.9. The summed E-state index contributed by atoms with van der Waals surface area (Å²) in [5.41, 5.74) is 3.93. The molecule has 1 aliphatic rings. The fraction of sp³-hybridized carbons (Fsp3) is 0.100. The van der Waals surface area contributed by atoms with E-state index in [1.54, 1.807) is 6.20 Å². The molecule has 130 valence electrons. The summed E-state index contributed by atoms with van der Waals surface area (Å²) in [5, 5.41) is 9.82. The number of anilines is 2. The number of hydrogen-bond donors (Lipinski definition) is 3. The highest BCUT2D eigenvalue weighted by molar-refractivity contribution is 6.30.